The molecule has 1 N–H and O–H groups in total. The highest BCUT2D eigenvalue weighted by Crippen LogP contribution is 2.24. The smallest absolute Gasteiger partial charge is 0.270 e. The number of piperidine rings is 1. The van der Waals surface area contributed by atoms with Crippen molar-refractivity contribution < 1.29 is 9.72 Å². The minimum Gasteiger partial charge on any atom is -0.371 e. The summed E-state index contributed by atoms with van der Waals surface area (Å²) in [6.07, 6.45) is 5.50. The summed E-state index contributed by atoms with van der Waals surface area (Å²) in [6.45, 7) is 6.42. The van der Waals surface area contributed by atoms with Crippen molar-refractivity contribution in [2.45, 2.75) is 32.7 Å². The average molecular weight is 393 g/mol. The van der Waals surface area contributed by atoms with Crippen molar-refractivity contribution in [2.24, 2.45) is 5.92 Å². The Bertz CT molecular complexity index is 892. The summed E-state index contributed by atoms with van der Waals surface area (Å²) in [7, 11) is 0. The van der Waals surface area contributed by atoms with E-state index in [2.05, 4.69) is 41.4 Å². The molecule has 6 nitrogen and oxygen atoms in total. The van der Waals surface area contributed by atoms with Gasteiger partial charge < -0.3 is 10.2 Å². The number of carbonyl (C=O) groups excluding carboxylic acids is 1. The van der Waals surface area contributed by atoms with E-state index in [0.29, 0.717) is 5.56 Å². The minimum absolute atomic E-state index is 0.00381. The normalized spacial score (nSPS) is 17.9. The van der Waals surface area contributed by atoms with E-state index in [4.69, 9.17) is 0 Å². The molecule has 1 aliphatic heterocycles. The highest BCUT2D eigenvalue weighted by atomic mass is 16.6. The summed E-state index contributed by atoms with van der Waals surface area (Å²) in [4.78, 5) is 25.0. The summed E-state index contributed by atoms with van der Waals surface area (Å²) in [6, 6.07) is 14.4. The summed E-state index contributed by atoms with van der Waals surface area (Å²) in [5.41, 5.74) is 2.88. The topological polar surface area (TPSA) is 75.5 Å². The van der Waals surface area contributed by atoms with Crippen LogP contribution in [0.5, 0.6) is 0 Å². The molecule has 2 atom stereocenters. The van der Waals surface area contributed by atoms with Crippen LogP contribution in [0.4, 0.5) is 11.4 Å². The number of carbonyl (C=O) groups is 1. The fourth-order valence-electron chi connectivity index (χ4n) is 3.66. The van der Waals surface area contributed by atoms with Gasteiger partial charge in [-0.3, -0.25) is 14.9 Å². The van der Waals surface area contributed by atoms with Crippen molar-refractivity contribution in [2.75, 3.05) is 18.0 Å². The molecule has 1 amide bonds. The third kappa shape index (κ3) is 5.67. The molecular formula is C23H27N3O3. The molecule has 0 unspecified atom stereocenters. The number of nitrogens with zero attached hydrogens (tertiary/aromatic N) is 2. The van der Waals surface area contributed by atoms with E-state index >= 15 is 0 Å². The zero-order valence-electron chi connectivity index (χ0n) is 16.9. The van der Waals surface area contributed by atoms with E-state index < -0.39 is 4.92 Å². The van der Waals surface area contributed by atoms with Gasteiger partial charge in [0.25, 0.3) is 5.69 Å². The molecule has 29 heavy (non-hydrogen) atoms. The first-order chi connectivity index (χ1) is 13.9. The van der Waals surface area contributed by atoms with Crippen molar-refractivity contribution in [3.05, 3.63) is 75.8 Å². The second-order valence-corrected chi connectivity index (χ2v) is 7.70. The molecule has 152 valence electrons. The number of nitro groups is 1. The van der Waals surface area contributed by atoms with Crippen LogP contribution in [0.3, 0.4) is 0 Å². The van der Waals surface area contributed by atoms with Crippen LogP contribution in [-0.2, 0) is 4.79 Å². The Kier molecular flexibility index (Phi) is 6.65. The Hall–Kier alpha value is -3.15. The lowest BCUT2D eigenvalue weighted by Crippen LogP contribution is -2.34. The lowest BCUT2D eigenvalue weighted by atomic mass is 9.99. The molecule has 0 bridgehead atoms. The number of rotatable bonds is 6. The monoisotopic (exact) mass is 393 g/mol. The number of amides is 1. The van der Waals surface area contributed by atoms with Crippen LogP contribution < -0.4 is 10.2 Å². The zero-order chi connectivity index (χ0) is 20.8. The minimum atomic E-state index is -0.451. The van der Waals surface area contributed by atoms with Crippen LogP contribution in [0.15, 0.2) is 54.6 Å². The van der Waals surface area contributed by atoms with Crippen molar-refractivity contribution in [1.82, 2.24) is 5.32 Å². The number of anilines is 1. The predicted octanol–water partition coefficient (Wildman–Crippen LogP) is 4.72. The van der Waals surface area contributed by atoms with Crippen molar-refractivity contribution in [3.8, 4) is 0 Å². The summed E-state index contributed by atoms with van der Waals surface area (Å²) >= 11 is 0. The maximum Gasteiger partial charge on any atom is 0.270 e. The molecule has 1 saturated heterocycles. The van der Waals surface area contributed by atoms with Gasteiger partial charge in [0, 0.05) is 37.0 Å². The van der Waals surface area contributed by atoms with Crippen LogP contribution in [0, 0.1) is 16.0 Å². The highest BCUT2D eigenvalue weighted by Gasteiger charge is 2.17. The first-order valence-electron chi connectivity index (χ1n) is 10.0. The summed E-state index contributed by atoms with van der Waals surface area (Å²) < 4.78 is 0. The molecule has 0 spiro atoms. The molecule has 0 saturated carbocycles. The lowest BCUT2D eigenvalue weighted by molar-refractivity contribution is -0.384. The molecule has 0 radical (unpaired) electrons. The second kappa shape index (κ2) is 9.37. The molecule has 2 aromatic rings. The number of non-ortho nitro benzene ring substituents is 1. The van der Waals surface area contributed by atoms with E-state index in [-0.39, 0.29) is 17.6 Å². The SMILES string of the molecule is C[C@H]1CCCN(c2ccc([C@@H](C)NC(=O)/C=C/c3cccc([N+](=O)[O-])c3)cc2)C1. The second-order valence-electron chi connectivity index (χ2n) is 7.70. The van der Waals surface area contributed by atoms with Crippen LogP contribution in [0.25, 0.3) is 6.08 Å². The standard InChI is InChI=1S/C23H27N3O3/c1-17-5-4-14-25(16-17)21-11-9-20(10-12-21)18(2)24-23(27)13-8-19-6-3-7-22(15-19)26(28)29/h3,6-13,15,17-18H,4-5,14,16H2,1-2H3,(H,24,27)/b13-8+/t17-,18+/m0/s1. The van der Waals surface area contributed by atoms with E-state index in [1.807, 2.05) is 6.92 Å². The molecule has 1 heterocycles. The maximum absolute atomic E-state index is 12.2. The molecule has 2 aromatic carbocycles. The van der Waals surface area contributed by atoms with Crippen LogP contribution in [-0.4, -0.2) is 23.9 Å². The van der Waals surface area contributed by atoms with Crippen molar-refractivity contribution in [1.29, 1.82) is 0 Å². The third-order valence-corrected chi connectivity index (χ3v) is 5.28. The number of nitro benzene ring substituents is 1. The quantitative estimate of drug-likeness (QED) is 0.438. The molecule has 6 heteroatoms. The van der Waals surface area contributed by atoms with Crippen LogP contribution >= 0.6 is 0 Å². The van der Waals surface area contributed by atoms with Gasteiger partial charge in [0.15, 0.2) is 0 Å². The van der Waals surface area contributed by atoms with E-state index in [1.165, 1.54) is 36.7 Å². The Labute approximate surface area is 171 Å². The van der Waals surface area contributed by atoms with Gasteiger partial charge in [0.1, 0.15) is 0 Å². The lowest BCUT2D eigenvalue weighted by Gasteiger charge is -2.33. The highest BCUT2D eigenvalue weighted by molar-refractivity contribution is 5.92. The van der Waals surface area contributed by atoms with E-state index in [9.17, 15) is 14.9 Å². The Balaban J connectivity index is 1.58. The van der Waals surface area contributed by atoms with Gasteiger partial charge in [-0.1, -0.05) is 31.2 Å². The van der Waals surface area contributed by atoms with Gasteiger partial charge in [-0.15, -0.1) is 0 Å². The molecular weight excluding hydrogens is 366 g/mol. The first-order valence-corrected chi connectivity index (χ1v) is 10.0. The maximum atomic E-state index is 12.2. The fourth-order valence-corrected chi connectivity index (χ4v) is 3.66. The Morgan fingerprint density at radius 2 is 2.03 bits per heavy atom. The summed E-state index contributed by atoms with van der Waals surface area (Å²) in [5, 5.41) is 13.8. The number of benzene rings is 2. The Morgan fingerprint density at radius 3 is 2.72 bits per heavy atom. The van der Waals surface area contributed by atoms with Gasteiger partial charge in [-0.2, -0.15) is 0 Å². The zero-order valence-corrected chi connectivity index (χ0v) is 16.9. The number of hydrogen-bond acceptors (Lipinski definition) is 4. The van der Waals surface area contributed by atoms with Gasteiger partial charge in [0.05, 0.1) is 11.0 Å². The Morgan fingerprint density at radius 1 is 1.28 bits per heavy atom. The average Bonchev–Trinajstić information content (AvgIpc) is 2.72. The largest absolute Gasteiger partial charge is 0.371 e. The van der Waals surface area contributed by atoms with Crippen molar-refractivity contribution in [3.63, 3.8) is 0 Å². The van der Waals surface area contributed by atoms with Gasteiger partial charge >= 0.3 is 0 Å². The van der Waals surface area contributed by atoms with E-state index in [1.54, 1.807) is 18.2 Å². The third-order valence-electron chi connectivity index (χ3n) is 5.28. The number of nitrogens with one attached hydrogen (secondary N) is 1. The van der Waals surface area contributed by atoms with Gasteiger partial charge in [-0.25, -0.2) is 0 Å². The fraction of sp³-hybridized carbons (Fsp3) is 0.348. The molecule has 0 aliphatic carbocycles. The number of hydrogen-bond donors (Lipinski definition) is 1. The predicted molar refractivity (Wildman–Crippen MR) is 116 cm³/mol. The summed E-state index contributed by atoms with van der Waals surface area (Å²) in [5.74, 6) is 0.484. The van der Waals surface area contributed by atoms with Crippen molar-refractivity contribution >= 4 is 23.4 Å². The molecule has 1 aliphatic rings. The molecule has 3 rings (SSSR count). The molecule has 1 fully saturated rings. The molecule has 0 aromatic heterocycles. The van der Waals surface area contributed by atoms with Crippen LogP contribution in [0.2, 0.25) is 0 Å². The van der Waals surface area contributed by atoms with Gasteiger partial charge in [-0.05, 0) is 55.0 Å². The van der Waals surface area contributed by atoms with Gasteiger partial charge in [0.2, 0.25) is 5.91 Å². The van der Waals surface area contributed by atoms with E-state index in [0.717, 1.165) is 24.6 Å². The first kappa shape index (κ1) is 20.6. The van der Waals surface area contributed by atoms with Crippen LogP contribution in [0.1, 0.15) is 43.9 Å².